The fourth-order valence-electron chi connectivity index (χ4n) is 2.61. The first-order valence-electron chi connectivity index (χ1n) is 8.74. The Morgan fingerprint density at radius 2 is 1.92 bits per heavy atom. The second-order valence-corrected chi connectivity index (χ2v) is 7.17. The summed E-state index contributed by atoms with van der Waals surface area (Å²) >= 11 is 1.67. The van der Waals surface area contributed by atoms with Crippen molar-refractivity contribution in [1.29, 1.82) is 0 Å². The monoisotopic (exact) mass is 345 g/mol. The molecular formula is C20H27NO2S. The van der Waals surface area contributed by atoms with Crippen LogP contribution in [0.2, 0.25) is 0 Å². The Labute approximate surface area is 148 Å². The van der Waals surface area contributed by atoms with E-state index < -0.39 is 0 Å². The first-order valence-corrected chi connectivity index (χ1v) is 9.73. The largest absolute Gasteiger partial charge is 0.394 e. The summed E-state index contributed by atoms with van der Waals surface area (Å²) < 4.78 is 0. The predicted molar refractivity (Wildman–Crippen MR) is 102 cm³/mol. The van der Waals surface area contributed by atoms with Crippen molar-refractivity contribution in [2.75, 3.05) is 12.4 Å². The van der Waals surface area contributed by atoms with Crippen LogP contribution in [0.25, 0.3) is 10.8 Å². The van der Waals surface area contributed by atoms with Gasteiger partial charge in [-0.2, -0.15) is 0 Å². The lowest BCUT2D eigenvalue weighted by molar-refractivity contribution is -0.122. The zero-order valence-electron chi connectivity index (χ0n) is 14.3. The molecule has 2 aromatic rings. The minimum Gasteiger partial charge on any atom is -0.394 e. The van der Waals surface area contributed by atoms with Crippen LogP contribution in [0.4, 0.5) is 0 Å². The van der Waals surface area contributed by atoms with Gasteiger partial charge < -0.3 is 10.4 Å². The molecule has 1 amide bonds. The van der Waals surface area contributed by atoms with Crippen molar-refractivity contribution >= 4 is 28.4 Å². The van der Waals surface area contributed by atoms with Gasteiger partial charge in [0.05, 0.1) is 12.6 Å². The fraction of sp³-hybridized carbons (Fsp3) is 0.450. The van der Waals surface area contributed by atoms with E-state index >= 15 is 0 Å². The molecule has 0 heterocycles. The van der Waals surface area contributed by atoms with Gasteiger partial charge in [-0.3, -0.25) is 4.79 Å². The van der Waals surface area contributed by atoms with E-state index in [4.69, 9.17) is 0 Å². The van der Waals surface area contributed by atoms with Crippen LogP contribution < -0.4 is 5.32 Å². The molecule has 0 unspecified atom stereocenters. The van der Waals surface area contributed by atoms with Gasteiger partial charge in [-0.05, 0) is 29.3 Å². The Bertz CT molecular complexity index is 644. The molecule has 0 spiro atoms. The third-order valence-corrected chi connectivity index (χ3v) is 5.17. The van der Waals surface area contributed by atoms with Crippen molar-refractivity contribution in [2.24, 2.45) is 0 Å². The second-order valence-electron chi connectivity index (χ2n) is 6.08. The third-order valence-electron chi connectivity index (χ3n) is 4.02. The molecule has 0 saturated carbocycles. The topological polar surface area (TPSA) is 49.3 Å². The molecule has 4 heteroatoms. The summed E-state index contributed by atoms with van der Waals surface area (Å²) in [6.45, 7) is 2.13. The highest BCUT2D eigenvalue weighted by molar-refractivity contribution is 7.99. The molecule has 0 aliphatic heterocycles. The zero-order chi connectivity index (χ0) is 17.2. The van der Waals surface area contributed by atoms with Crippen molar-refractivity contribution in [3.63, 3.8) is 0 Å². The molecule has 0 saturated heterocycles. The van der Waals surface area contributed by atoms with Crippen molar-refractivity contribution < 1.29 is 9.90 Å². The normalized spacial score (nSPS) is 12.2. The smallest absolute Gasteiger partial charge is 0.220 e. The molecule has 0 aromatic heterocycles. The van der Waals surface area contributed by atoms with Gasteiger partial charge in [0.2, 0.25) is 5.91 Å². The van der Waals surface area contributed by atoms with E-state index in [1.807, 2.05) is 12.1 Å². The molecule has 0 aliphatic carbocycles. The molecule has 2 N–H and O–H groups in total. The van der Waals surface area contributed by atoms with Gasteiger partial charge in [-0.15, -0.1) is 11.8 Å². The van der Waals surface area contributed by atoms with Crippen LogP contribution in [0.1, 0.15) is 39.0 Å². The van der Waals surface area contributed by atoms with Crippen LogP contribution >= 0.6 is 11.8 Å². The number of hydrogen-bond donors (Lipinski definition) is 2. The molecule has 24 heavy (non-hydrogen) atoms. The number of benzene rings is 2. The maximum absolute atomic E-state index is 11.9. The predicted octanol–water partition coefficient (Wildman–Crippen LogP) is 4.38. The van der Waals surface area contributed by atoms with Gasteiger partial charge >= 0.3 is 0 Å². The summed E-state index contributed by atoms with van der Waals surface area (Å²) in [6.07, 6.45) is 4.92. The highest BCUT2D eigenvalue weighted by atomic mass is 32.2. The van der Waals surface area contributed by atoms with E-state index in [2.05, 4.69) is 42.6 Å². The van der Waals surface area contributed by atoms with Crippen molar-refractivity contribution in [3.8, 4) is 0 Å². The van der Waals surface area contributed by atoms with Crippen LogP contribution in [0, 0.1) is 0 Å². The molecule has 3 nitrogen and oxygen atoms in total. The van der Waals surface area contributed by atoms with Crippen molar-refractivity contribution in [1.82, 2.24) is 5.32 Å². The fourth-order valence-corrected chi connectivity index (χ4v) is 3.56. The SMILES string of the molecule is CCCCCCC(=O)N[C@@H](CO)CSc1ccc2ccccc2c1. The Hall–Kier alpha value is -1.52. The number of thioether (sulfide) groups is 1. The van der Waals surface area contributed by atoms with E-state index in [1.54, 1.807) is 11.8 Å². The number of rotatable bonds is 10. The summed E-state index contributed by atoms with van der Waals surface area (Å²) in [6, 6.07) is 14.4. The number of carbonyl (C=O) groups is 1. The molecule has 2 aromatic carbocycles. The van der Waals surface area contributed by atoms with E-state index in [9.17, 15) is 9.90 Å². The number of fused-ring (bicyclic) bond motifs is 1. The highest BCUT2D eigenvalue weighted by Gasteiger charge is 2.11. The van der Waals surface area contributed by atoms with E-state index in [0.29, 0.717) is 12.2 Å². The maximum atomic E-state index is 11.9. The van der Waals surface area contributed by atoms with Crippen LogP contribution in [0.3, 0.4) is 0 Å². The minimum absolute atomic E-state index is 0.0265. The number of aliphatic hydroxyl groups excluding tert-OH is 1. The number of amides is 1. The van der Waals surface area contributed by atoms with Gasteiger partial charge in [-0.25, -0.2) is 0 Å². The average Bonchev–Trinajstić information content (AvgIpc) is 2.62. The summed E-state index contributed by atoms with van der Waals surface area (Å²) in [7, 11) is 0. The molecule has 1 atom stereocenters. The van der Waals surface area contributed by atoms with Gasteiger partial charge in [0.15, 0.2) is 0 Å². The van der Waals surface area contributed by atoms with E-state index in [-0.39, 0.29) is 18.6 Å². The number of carbonyl (C=O) groups excluding carboxylic acids is 1. The van der Waals surface area contributed by atoms with E-state index in [0.717, 1.165) is 17.7 Å². The Kier molecular flexibility index (Phi) is 8.13. The standard InChI is InChI=1S/C20H27NO2S/c1-2-3-4-5-10-20(23)21-18(14-22)15-24-19-12-11-16-8-6-7-9-17(16)13-19/h6-9,11-13,18,22H,2-5,10,14-15H2,1H3,(H,21,23)/t18-/m0/s1. The molecule has 2 rings (SSSR count). The number of unbranched alkanes of at least 4 members (excludes halogenated alkanes) is 3. The Balaban J connectivity index is 1.80. The Morgan fingerprint density at radius 1 is 1.12 bits per heavy atom. The molecular weight excluding hydrogens is 318 g/mol. The lowest BCUT2D eigenvalue weighted by Crippen LogP contribution is -2.39. The first kappa shape index (κ1) is 18.8. The van der Waals surface area contributed by atoms with Crippen LogP contribution in [-0.2, 0) is 4.79 Å². The molecule has 0 fully saturated rings. The van der Waals surface area contributed by atoms with Crippen LogP contribution in [0.5, 0.6) is 0 Å². The first-order chi connectivity index (χ1) is 11.7. The molecule has 0 bridgehead atoms. The zero-order valence-corrected chi connectivity index (χ0v) is 15.1. The summed E-state index contributed by atoms with van der Waals surface area (Å²) in [5, 5.41) is 14.9. The van der Waals surface area contributed by atoms with Gasteiger partial charge in [0, 0.05) is 17.1 Å². The van der Waals surface area contributed by atoms with Gasteiger partial charge in [-0.1, -0.05) is 56.5 Å². The number of aliphatic hydroxyl groups is 1. The Morgan fingerprint density at radius 3 is 2.67 bits per heavy atom. The van der Waals surface area contributed by atoms with Gasteiger partial charge in [0.25, 0.3) is 0 Å². The van der Waals surface area contributed by atoms with Crippen molar-refractivity contribution in [3.05, 3.63) is 42.5 Å². The summed E-state index contributed by atoms with van der Waals surface area (Å²) in [5.41, 5.74) is 0. The number of nitrogens with one attached hydrogen (secondary N) is 1. The maximum Gasteiger partial charge on any atom is 0.220 e. The molecule has 0 aliphatic rings. The minimum atomic E-state index is -0.194. The average molecular weight is 346 g/mol. The summed E-state index contributed by atoms with van der Waals surface area (Å²) in [5.74, 6) is 0.722. The molecule has 0 radical (unpaired) electrons. The molecule has 130 valence electrons. The lowest BCUT2D eigenvalue weighted by atomic mass is 10.1. The lowest BCUT2D eigenvalue weighted by Gasteiger charge is -2.16. The van der Waals surface area contributed by atoms with Crippen LogP contribution in [0.15, 0.2) is 47.4 Å². The van der Waals surface area contributed by atoms with Crippen LogP contribution in [-0.4, -0.2) is 29.4 Å². The quantitative estimate of drug-likeness (QED) is 0.496. The van der Waals surface area contributed by atoms with Crippen molar-refractivity contribution in [2.45, 2.75) is 50.0 Å². The third kappa shape index (κ3) is 6.17. The highest BCUT2D eigenvalue weighted by Crippen LogP contribution is 2.24. The second kappa shape index (κ2) is 10.4. The number of hydrogen-bond acceptors (Lipinski definition) is 3. The van der Waals surface area contributed by atoms with E-state index in [1.165, 1.54) is 23.6 Å². The van der Waals surface area contributed by atoms with Gasteiger partial charge in [0.1, 0.15) is 0 Å². The summed E-state index contributed by atoms with van der Waals surface area (Å²) in [4.78, 5) is 13.1.